The highest BCUT2D eigenvalue weighted by atomic mass is 32.2. The number of benzene rings is 1. The fraction of sp³-hybridized carbons (Fsp3) is 0.455. The molecule has 2 N–H and O–H groups in total. The van der Waals surface area contributed by atoms with Gasteiger partial charge in [0.1, 0.15) is 16.5 Å². The standard InChI is InChI=1S/C11H14F2N2O2S/c12-8-3-4-10(13)11(6-8)18(16,17)15-5-1-2-9(14)7-15/h3-4,6,9H,1-2,5,7,14H2/t9-/m1/s1. The van der Waals surface area contributed by atoms with E-state index in [9.17, 15) is 17.2 Å². The number of halogens is 2. The van der Waals surface area contributed by atoms with E-state index in [1.54, 1.807) is 0 Å². The molecule has 2 rings (SSSR count). The maximum Gasteiger partial charge on any atom is 0.246 e. The Labute approximate surface area is 104 Å². The molecule has 1 aromatic carbocycles. The summed E-state index contributed by atoms with van der Waals surface area (Å²) in [6.45, 7) is 0.421. The van der Waals surface area contributed by atoms with E-state index in [2.05, 4.69) is 0 Å². The fourth-order valence-electron chi connectivity index (χ4n) is 2.01. The van der Waals surface area contributed by atoms with Crippen molar-refractivity contribution in [1.82, 2.24) is 4.31 Å². The quantitative estimate of drug-likeness (QED) is 0.879. The van der Waals surface area contributed by atoms with Crippen LogP contribution in [-0.4, -0.2) is 31.9 Å². The van der Waals surface area contributed by atoms with Crippen LogP contribution in [0.1, 0.15) is 12.8 Å². The molecule has 0 saturated carbocycles. The van der Waals surface area contributed by atoms with Gasteiger partial charge in [-0.2, -0.15) is 4.31 Å². The molecule has 0 bridgehead atoms. The van der Waals surface area contributed by atoms with Gasteiger partial charge in [-0.3, -0.25) is 0 Å². The van der Waals surface area contributed by atoms with Gasteiger partial charge in [-0.25, -0.2) is 17.2 Å². The third-order valence-electron chi connectivity index (χ3n) is 2.93. The van der Waals surface area contributed by atoms with E-state index in [0.29, 0.717) is 12.5 Å². The highest BCUT2D eigenvalue weighted by Crippen LogP contribution is 2.23. The first-order chi connectivity index (χ1) is 8.41. The molecular weight excluding hydrogens is 262 g/mol. The summed E-state index contributed by atoms with van der Waals surface area (Å²) in [5, 5.41) is 0. The van der Waals surface area contributed by atoms with Crippen LogP contribution in [0.25, 0.3) is 0 Å². The van der Waals surface area contributed by atoms with Gasteiger partial charge in [-0.1, -0.05) is 0 Å². The van der Waals surface area contributed by atoms with E-state index in [0.717, 1.165) is 22.9 Å². The molecule has 100 valence electrons. The van der Waals surface area contributed by atoms with Gasteiger partial charge in [0.15, 0.2) is 0 Å². The summed E-state index contributed by atoms with van der Waals surface area (Å²) >= 11 is 0. The summed E-state index contributed by atoms with van der Waals surface area (Å²) in [7, 11) is -4.01. The number of nitrogens with two attached hydrogens (primary N) is 1. The van der Waals surface area contributed by atoms with Crippen molar-refractivity contribution in [2.24, 2.45) is 5.73 Å². The molecule has 1 atom stereocenters. The smallest absolute Gasteiger partial charge is 0.246 e. The van der Waals surface area contributed by atoms with Crippen LogP contribution in [0.15, 0.2) is 23.1 Å². The lowest BCUT2D eigenvalue weighted by Gasteiger charge is -2.29. The van der Waals surface area contributed by atoms with Gasteiger partial charge in [0, 0.05) is 19.1 Å². The van der Waals surface area contributed by atoms with Crippen molar-refractivity contribution < 1.29 is 17.2 Å². The molecule has 7 heteroatoms. The molecule has 0 unspecified atom stereocenters. The number of hydrogen-bond donors (Lipinski definition) is 1. The van der Waals surface area contributed by atoms with Crippen molar-refractivity contribution in [1.29, 1.82) is 0 Å². The molecule has 0 radical (unpaired) electrons. The van der Waals surface area contributed by atoms with Gasteiger partial charge >= 0.3 is 0 Å². The lowest BCUT2D eigenvalue weighted by molar-refractivity contribution is 0.314. The van der Waals surface area contributed by atoms with E-state index in [4.69, 9.17) is 5.73 Å². The number of piperidine rings is 1. The molecule has 18 heavy (non-hydrogen) atoms. The average Bonchev–Trinajstić information content (AvgIpc) is 2.32. The minimum Gasteiger partial charge on any atom is -0.327 e. The van der Waals surface area contributed by atoms with Crippen LogP contribution < -0.4 is 5.73 Å². The molecule has 1 aromatic rings. The lowest BCUT2D eigenvalue weighted by Crippen LogP contribution is -2.45. The fourth-order valence-corrected chi connectivity index (χ4v) is 3.62. The average molecular weight is 276 g/mol. The summed E-state index contributed by atoms with van der Waals surface area (Å²) in [5.74, 6) is -1.73. The number of hydrogen-bond acceptors (Lipinski definition) is 3. The van der Waals surface area contributed by atoms with E-state index in [1.165, 1.54) is 0 Å². The molecule has 1 aliphatic heterocycles. The van der Waals surface area contributed by atoms with Crippen LogP contribution in [0.5, 0.6) is 0 Å². The Kier molecular flexibility index (Phi) is 3.65. The Morgan fingerprint density at radius 2 is 2.06 bits per heavy atom. The zero-order chi connectivity index (χ0) is 13.3. The molecule has 0 aliphatic carbocycles. The number of sulfonamides is 1. The van der Waals surface area contributed by atoms with E-state index < -0.39 is 26.6 Å². The largest absolute Gasteiger partial charge is 0.327 e. The van der Waals surface area contributed by atoms with Crippen molar-refractivity contribution in [3.05, 3.63) is 29.8 Å². The Bertz CT molecular complexity index is 548. The Balaban J connectivity index is 2.38. The number of rotatable bonds is 2. The third-order valence-corrected chi connectivity index (χ3v) is 4.81. The van der Waals surface area contributed by atoms with Crippen molar-refractivity contribution >= 4 is 10.0 Å². The van der Waals surface area contributed by atoms with Crippen molar-refractivity contribution in [2.45, 2.75) is 23.8 Å². The lowest BCUT2D eigenvalue weighted by atomic mass is 10.1. The van der Waals surface area contributed by atoms with Crippen molar-refractivity contribution in [3.8, 4) is 0 Å². The van der Waals surface area contributed by atoms with Crippen LogP contribution in [0.4, 0.5) is 8.78 Å². The van der Waals surface area contributed by atoms with Crippen LogP contribution in [0.3, 0.4) is 0 Å². The minimum absolute atomic E-state index is 0.137. The van der Waals surface area contributed by atoms with Gasteiger partial charge in [-0.15, -0.1) is 0 Å². The second-order valence-electron chi connectivity index (χ2n) is 4.34. The molecule has 0 aromatic heterocycles. The molecular formula is C11H14F2N2O2S. The Morgan fingerprint density at radius 1 is 1.33 bits per heavy atom. The second-order valence-corrected chi connectivity index (χ2v) is 6.25. The van der Waals surface area contributed by atoms with Gasteiger partial charge in [0.05, 0.1) is 0 Å². The molecule has 0 amide bonds. The predicted molar refractivity (Wildman–Crippen MR) is 62.3 cm³/mol. The monoisotopic (exact) mass is 276 g/mol. The van der Waals surface area contributed by atoms with Gasteiger partial charge in [0.25, 0.3) is 0 Å². The molecule has 1 aliphatic rings. The van der Waals surface area contributed by atoms with Crippen molar-refractivity contribution in [3.63, 3.8) is 0 Å². The highest BCUT2D eigenvalue weighted by Gasteiger charge is 2.31. The van der Waals surface area contributed by atoms with E-state index >= 15 is 0 Å². The molecule has 4 nitrogen and oxygen atoms in total. The first-order valence-electron chi connectivity index (χ1n) is 5.62. The zero-order valence-corrected chi connectivity index (χ0v) is 10.5. The molecule has 1 heterocycles. The van der Waals surface area contributed by atoms with Crippen LogP contribution in [0.2, 0.25) is 0 Å². The normalized spacial score (nSPS) is 22.1. The van der Waals surface area contributed by atoms with Gasteiger partial charge in [0.2, 0.25) is 10.0 Å². The first-order valence-corrected chi connectivity index (χ1v) is 7.06. The van der Waals surface area contributed by atoms with Crippen LogP contribution in [0, 0.1) is 11.6 Å². The summed E-state index contributed by atoms with van der Waals surface area (Å²) in [6.07, 6.45) is 1.36. The minimum atomic E-state index is -4.01. The summed E-state index contributed by atoms with van der Waals surface area (Å²) in [4.78, 5) is -0.628. The maximum absolute atomic E-state index is 13.5. The Hall–Kier alpha value is -1.05. The topological polar surface area (TPSA) is 63.4 Å². The third kappa shape index (κ3) is 2.52. The zero-order valence-electron chi connectivity index (χ0n) is 9.64. The SMILES string of the molecule is N[C@@H]1CCCN(S(=O)(=O)c2cc(F)ccc2F)C1. The Morgan fingerprint density at radius 3 is 2.72 bits per heavy atom. The predicted octanol–water partition coefficient (Wildman–Crippen LogP) is 1.08. The van der Waals surface area contributed by atoms with E-state index in [-0.39, 0.29) is 19.1 Å². The number of nitrogens with zero attached hydrogens (tertiary/aromatic N) is 1. The summed E-state index contributed by atoms with van der Waals surface area (Å²) < 4.78 is 52.0. The molecule has 1 saturated heterocycles. The summed E-state index contributed by atoms with van der Waals surface area (Å²) in [5.41, 5.74) is 5.69. The second kappa shape index (κ2) is 4.91. The van der Waals surface area contributed by atoms with Crippen LogP contribution in [-0.2, 0) is 10.0 Å². The maximum atomic E-state index is 13.5. The van der Waals surface area contributed by atoms with Crippen LogP contribution >= 0.6 is 0 Å². The van der Waals surface area contributed by atoms with E-state index in [1.807, 2.05) is 0 Å². The van der Waals surface area contributed by atoms with Gasteiger partial charge < -0.3 is 5.73 Å². The first kappa shape index (κ1) is 13.4. The van der Waals surface area contributed by atoms with Crippen molar-refractivity contribution in [2.75, 3.05) is 13.1 Å². The molecule has 1 fully saturated rings. The van der Waals surface area contributed by atoms with Gasteiger partial charge in [-0.05, 0) is 31.0 Å². The highest BCUT2D eigenvalue weighted by molar-refractivity contribution is 7.89. The summed E-state index contributed by atoms with van der Waals surface area (Å²) in [6, 6.07) is 2.14. The molecule has 0 spiro atoms.